The van der Waals surface area contributed by atoms with Gasteiger partial charge in [-0.2, -0.15) is 0 Å². The number of benzene rings is 1. The number of hydrogen-bond acceptors (Lipinski definition) is 3. The standard InChI is InChI=1S/C27H47GeN3PSi/c1-18-15-19(2)23(20(3)16-18)29(28-10)24-21-13-14-22(17-21)25(24)32-30(26(4,5)6)33(11,12)31(32)27(7,8)9/h15-16,21-22,28H,13-14,17H2,1-12H3. The van der Waals surface area contributed by atoms with Crippen molar-refractivity contribution < 1.29 is 0 Å². The van der Waals surface area contributed by atoms with Crippen molar-refractivity contribution in [3.63, 3.8) is 0 Å². The van der Waals surface area contributed by atoms with E-state index in [-0.39, 0.29) is 11.1 Å². The molecule has 2 unspecified atom stereocenters. The van der Waals surface area contributed by atoms with Gasteiger partial charge in [0.15, 0.2) is 0 Å². The summed E-state index contributed by atoms with van der Waals surface area (Å²) in [7, 11) is -2.07. The van der Waals surface area contributed by atoms with Crippen LogP contribution in [0.5, 0.6) is 0 Å². The van der Waals surface area contributed by atoms with E-state index in [4.69, 9.17) is 0 Å². The Labute approximate surface area is 213 Å². The van der Waals surface area contributed by atoms with E-state index in [9.17, 15) is 0 Å². The average molecular weight is 545 g/mol. The first-order valence-electron chi connectivity index (χ1n) is 12.9. The molecular formula is C27H47GeN3PSi. The maximum absolute atomic E-state index is 3.03. The number of fused-ring (bicyclic) bond motifs is 2. The SMILES string of the molecule is [CH3][GeH][N](C1=C(P2N(C(C)(C)C)[Si](C)(C)N2C(C)(C)C)C2CCC1C2)c1c(C)cc(C)cc1C. The number of allylic oxidation sites excluding steroid dienone is 2. The Hall–Kier alpha value is -0.130. The zero-order valence-corrected chi connectivity index (χ0v) is 27.6. The molecule has 1 aromatic carbocycles. The third-order valence-corrected chi connectivity index (χ3v) is 20.4. The van der Waals surface area contributed by atoms with Gasteiger partial charge in [-0.05, 0) is 0 Å². The summed E-state index contributed by atoms with van der Waals surface area (Å²) in [4.78, 5) is 0. The van der Waals surface area contributed by atoms with Crippen molar-refractivity contribution in [3.05, 3.63) is 39.8 Å². The Morgan fingerprint density at radius 2 is 1.39 bits per heavy atom. The van der Waals surface area contributed by atoms with Crippen molar-refractivity contribution >= 4 is 38.0 Å². The van der Waals surface area contributed by atoms with Crippen molar-refractivity contribution in [2.75, 3.05) is 3.86 Å². The minimum atomic E-state index is -1.67. The Morgan fingerprint density at radius 1 is 0.909 bits per heavy atom. The average Bonchev–Trinajstić information content (AvgIpc) is 3.21. The van der Waals surface area contributed by atoms with Crippen molar-refractivity contribution in [2.24, 2.45) is 11.8 Å². The Bertz CT molecular complexity index is 928. The van der Waals surface area contributed by atoms with Crippen LogP contribution in [0.2, 0.25) is 18.9 Å². The minimum absolute atomic E-state index is 0.217. The van der Waals surface area contributed by atoms with Gasteiger partial charge in [-0.25, -0.2) is 0 Å². The molecule has 2 atom stereocenters. The molecule has 0 aromatic heterocycles. The molecule has 1 heterocycles. The molecule has 2 fully saturated rings. The van der Waals surface area contributed by atoms with Gasteiger partial charge in [0.1, 0.15) is 0 Å². The summed E-state index contributed by atoms with van der Waals surface area (Å²) < 4.78 is 8.97. The van der Waals surface area contributed by atoms with E-state index in [1.165, 1.54) is 36.0 Å². The fourth-order valence-electron chi connectivity index (χ4n) is 7.45. The van der Waals surface area contributed by atoms with E-state index >= 15 is 0 Å². The topological polar surface area (TPSA) is 9.72 Å². The fourth-order valence-corrected chi connectivity index (χ4v) is 21.5. The molecule has 0 N–H and O–H groups in total. The quantitative estimate of drug-likeness (QED) is 0.284. The second kappa shape index (κ2) is 8.47. The van der Waals surface area contributed by atoms with Gasteiger partial charge in [0, 0.05) is 0 Å². The van der Waals surface area contributed by atoms with Gasteiger partial charge < -0.3 is 0 Å². The molecule has 3 nitrogen and oxygen atoms in total. The van der Waals surface area contributed by atoms with Crippen molar-refractivity contribution in [3.8, 4) is 0 Å². The van der Waals surface area contributed by atoms with Crippen molar-refractivity contribution in [2.45, 2.75) is 112 Å². The summed E-state index contributed by atoms with van der Waals surface area (Å²) in [6.07, 6.45) is 4.21. The molecule has 6 heteroatoms. The first-order valence-corrected chi connectivity index (χ1v) is 20.6. The van der Waals surface area contributed by atoms with E-state index in [1.807, 2.05) is 5.31 Å². The Kier molecular flexibility index (Phi) is 6.66. The number of anilines is 1. The van der Waals surface area contributed by atoms with Crippen LogP contribution in [0.3, 0.4) is 0 Å². The van der Waals surface area contributed by atoms with Crippen LogP contribution >= 0.6 is 8.22 Å². The maximum atomic E-state index is 3.03. The van der Waals surface area contributed by atoms with E-state index in [0.29, 0.717) is 0 Å². The third kappa shape index (κ3) is 4.14. The molecule has 1 radical (unpaired) electrons. The van der Waals surface area contributed by atoms with E-state index in [2.05, 4.69) is 106 Å². The van der Waals surface area contributed by atoms with E-state index in [0.717, 1.165) is 11.8 Å². The Morgan fingerprint density at radius 3 is 1.85 bits per heavy atom. The summed E-state index contributed by atoms with van der Waals surface area (Å²) in [6.45, 7) is 26.9. The van der Waals surface area contributed by atoms with E-state index in [1.54, 1.807) is 11.4 Å². The first-order chi connectivity index (χ1) is 15.1. The normalized spacial score (nSPS) is 26.3. The van der Waals surface area contributed by atoms with Crippen LogP contribution in [-0.4, -0.2) is 43.8 Å². The summed E-state index contributed by atoms with van der Waals surface area (Å²) >= 11 is -0.574. The van der Waals surface area contributed by atoms with Gasteiger partial charge >= 0.3 is 214 Å². The molecule has 0 amide bonds. The second-order valence-corrected chi connectivity index (χ2v) is 21.8. The molecule has 4 rings (SSSR count). The zero-order chi connectivity index (χ0) is 24.7. The van der Waals surface area contributed by atoms with Crippen LogP contribution in [-0.2, 0) is 0 Å². The van der Waals surface area contributed by atoms with Gasteiger partial charge in [-0.3, -0.25) is 0 Å². The second-order valence-electron chi connectivity index (χ2n) is 13.1. The molecule has 1 saturated heterocycles. The van der Waals surface area contributed by atoms with Gasteiger partial charge in [-0.15, -0.1) is 0 Å². The van der Waals surface area contributed by atoms with Crippen LogP contribution in [0.25, 0.3) is 0 Å². The monoisotopic (exact) mass is 546 g/mol. The molecule has 1 aliphatic heterocycles. The molecule has 1 saturated carbocycles. The Balaban J connectivity index is 1.92. The van der Waals surface area contributed by atoms with E-state index < -0.39 is 32.3 Å². The van der Waals surface area contributed by atoms with Gasteiger partial charge in [0.2, 0.25) is 0 Å². The van der Waals surface area contributed by atoms with Gasteiger partial charge in [-0.1, -0.05) is 0 Å². The predicted octanol–water partition coefficient (Wildman–Crippen LogP) is 7.69. The summed E-state index contributed by atoms with van der Waals surface area (Å²) in [6, 6.07) is 4.81. The molecular weight excluding hydrogens is 498 g/mol. The molecule has 33 heavy (non-hydrogen) atoms. The van der Waals surface area contributed by atoms with Gasteiger partial charge in [0.25, 0.3) is 0 Å². The van der Waals surface area contributed by atoms with Crippen LogP contribution in [0, 0.1) is 32.6 Å². The molecule has 3 aliphatic rings. The third-order valence-electron chi connectivity index (χ3n) is 7.76. The van der Waals surface area contributed by atoms with Crippen LogP contribution in [0.15, 0.2) is 23.1 Å². The zero-order valence-electron chi connectivity index (χ0n) is 23.3. The molecule has 183 valence electrons. The summed E-state index contributed by atoms with van der Waals surface area (Å²) in [5.74, 6) is 4.10. The summed E-state index contributed by atoms with van der Waals surface area (Å²) in [5.41, 5.74) is 8.09. The molecule has 2 aliphatic carbocycles. The first kappa shape index (κ1) is 25.9. The number of aryl methyl sites for hydroxylation is 3. The fraction of sp³-hybridized carbons (Fsp3) is 0.704. The van der Waals surface area contributed by atoms with Crippen LogP contribution in [0.1, 0.15) is 77.5 Å². The predicted molar refractivity (Wildman–Crippen MR) is 152 cm³/mol. The number of rotatable bonds is 4. The molecule has 0 spiro atoms. The van der Waals surface area contributed by atoms with Crippen molar-refractivity contribution in [1.29, 1.82) is 0 Å². The number of hydrogen-bond donors (Lipinski definition) is 0. The van der Waals surface area contributed by atoms with Crippen molar-refractivity contribution in [1.82, 2.24) is 8.67 Å². The number of nitrogens with zero attached hydrogens (tertiary/aromatic N) is 3. The molecule has 1 aromatic rings. The van der Waals surface area contributed by atoms with Crippen LogP contribution < -0.4 is 3.86 Å². The molecule has 2 bridgehead atoms. The summed E-state index contributed by atoms with van der Waals surface area (Å²) in [5, 5.41) is 1.87. The van der Waals surface area contributed by atoms with Crippen LogP contribution in [0.4, 0.5) is 5.69 Å². The van der Waals surface area contributed by atoms with Gasteiger partial charge in [0.05, 0.1) is 0 Å².